The highest BCUT2D eigenvalue weighted by Crippen LogP contribution is 2.30. The second kappa shape index (κ2) is 6.66. The predicted octanol–water partition coefficient (Wildman–Crippen LogP) is 4.23. The lowest BCUT2D eigenvalue weighted by molar-refractivity contribution is -0.144. The molecular weight excluding hydrogens is 371 g/mol. The average molecular weight is 387 g/mol. The van der Waals surface area contributed by atoms with E-state index in [4.69, 9.17) is 4.74 Å². The maximum atomic E-state index is 13.0. The van der Waals surface area contributed by atoms with Gasteiger partial charge in [-0.2, -0.15) is 22.7 Å². The zero-order valence-corrected chi connectivity index (χ0v) is 15.1. The van der Waals surface area contributed by atoms with Crippen molar-refractivity contribution in [3.8, 4) is 5.75 Å². The second-order valence-corrected chi connectivity index (χ2v) is 6.25. The molecule has 0 aliphatic heterocycles. The predicted molar refractivity (Wildman–Crippen MR) is 98.3 cm³/mol. The molecule has 9 heteroatoms. The highest BCUT2D eigenvalue weighted by molar-refractivity contribution is 5.88. The Morgan fingerprint density at radius 1 is 1.11 bits per heavy atom. The van der Waals surface area contributed by atoms with Gasteiger partial charge < -0.3 is 10.1 Å². The van der Waals surface area contributed by atoms with Gasteiger partial charge in [-0.05, 0) is 23.8 Å². The van der Waals surface area contributed by atoms with E-state index in [9.17, 15) is 13.2 Å². The summed E-state index contributed by atoms with van der Waals surface area (Å²) >= 11 is 0. The normalized spacial score (nSPS) is 11.9. The van der Waals surface area contributed by atoms with Gasteiger partial charge in [0.05, 0.1) is 7.11 Å². The van der Waals surface area contributed by atoms with Crippen molar-refractivity contribution in [3.63, 3.8) is 0 Å². The number of halogens is 3. The summed E-state index contributed by atoms with van der Waals surface area (Å²) in [7, 11) is 1.58. The first-order chi connectivity index (χ1) is 13.4. The Morgan fingerprint density at radius 3 is 2.64 bits per heavy atom. The molecule has 0 fully saturated rings. The number of ether oxygens (including phenoxy) is 1. The minimum absolute atomic E-state index is 0.111. The molecule has 0 amide bonds. The zero-order chi connectivity index (χ0) is 19.9. The fourth-order valence-electron chi connectivity index (χ4n) is 3.10. The third kappa shape index (κ3) is 3.19. The van der Waals surface area contributed by atoms with Crippen LogP contribution in [0.15, 0.2) is 42.5 Å². The Hall–Kier alpha value is -3.36. The van der Waals surface area contributed by atoms with Gasteiger partial charge in [-0.1, -0.05) is 30.3 Å². The maximum Gasteiger partial charge on any atom is 0.453 e. The van der Waals surface area contributed by atoms with Crippen molar-refractivity contribution in [1.82, 2.24) is 19.6 Å². The number of alkyl halides is 3. The molecular formula is C19H16F3N5O. The van der Waals surface area contributed by atoms with Gasteiger partial charge in [0.1, 0.15) is 11.6 Å². The van der Waals surface area contributed by atoms with E-state index in [1.165, 1.54) is 0 Å². The van der Waals surface area contributed by atoms with Crippen molar-refractivity contribution in [2.45, 2.75) is 19.6 Å². The Labute approximate surface area is 158 Å². The van der Waals surface area contributed by atoms with E-state index in [2.05, 4.69) is 20.4 Å². The van der Waals surface area contributed by atoms with Crippen molar-refractivity contribution >= 4 is 22.4 Å². The summed E-state index contributed by atoms with van der Waals surface area (Å²) in [5.74, 6) is -0.292. The van der Waals surface area contributed by atoms with E-state index in [1.54, 1.807) is 20.1 Å². The summed E-state index contributed by atoms with van der Waals surface area (Å²) in [5.41, 5.74) is 1.42. The van der Waals surface area contributed by atoms with E-state index in [-0.39, 0.29) is 5.78 Å². The van der Waals surface area contributed by atoms with E-state index in [0.717, 1.165) is 20.9 Å². The van der Waals surface area contributed by atoms with Gasteiger partial charge in [-0.3, -0.25) is 0 Å². The molecule has 0 saturated carbocycles. The zero-order valence-electron chi connectivity index (χ0n) is 15.1. The molecule has 0 bridgehead atoms. The first kappa shape index (κ1) is 18.0. The topological polar surface area (TPSA) is 64.3 Å². The van der Waals surface area contributed by atoms with Crippen LogP contribution in [0.1, 0.15) is 17.1 Å². The lowest BCUT2D eigenvalue weighted by atomic mass is 10.0. The lowest BCUT2D eigenvalue weighted by Crippen LogP contribution is -2.10. The summed E-state index contributed by atoms with van der Waals surface area (Å²) in [5, 5.41) is 8.75. The van der Waals surface area contributed by atoms with Crippen LogP contribution in [-0.2, 0) is 12.7 Å². The smallest absolute Gasteiger partial charge is 0.453 e. The van der Waals surface area contributed by atoms with Crippen LogP contribution in [0.25, 0.3) is 16.6 Å². The number of aromatic nitrogens is 4. The molecule has 0 radical (unpaired) electrons. The van der Waals surface area contributed by atoms with Crippen LogP contribution in [0.3, 0.4) is 0 Å². The molecule has 0 unspecified atom stereocenters. The van der Waals surface area contributed by atoms with E-state index < -0.39 is 12.0 Å². The molecule has 0 atom stereocenters. The molecule has 2 heterocycles. The molecule has 28 heavy (non-hydrogen) atoms. The lowest BCUT2D eigenvalue weighted by Gasteiger charge is -2.14. The van der Waals surface area contributed by atoms with Gasteiger partial charge in [-0.15, -0.1) is 5.10 Å². The van der Waals surface area contributed by atoms with E-state index in [1.807, 2.05) is 36.4 Å². The van der Waals surface area contributed by atoms with Gasteiger partial charge in [0.15, 0.2) is 0 Å². The SMILES string of the molecule is COc1ccc2ccccc2c1CNc1cc(C)nc2nc(C(F)(F)F)nn12. The molecule has 2 aromatic carbocycles. The van der Waals surface area contributed by atoms with Crippen molar-refractivity contribution in [1.29, 1.82) is 0 Å². The van der Waals surface area contributed by atoms with Gasteiger partial charge in [0.25, 0.3) is 11.6 Å². The Bertz CT molecular complexity index is 1170. The minimum atomic E-state index is -4.64. The van der Waals surface area contributed by atoms with Crippen molar-refractivity contribution in [2.24, 2.45) is 0 Å². The van der Waals surface area contributed by atoms with Crippen LogP contribution >= 0.6 is 0 Å². The number of anilines is 1. The number of fused-ring (bicyclic) bond motifs is 2. The Balaban J connectivity index is 1.76. The number of hydrogen-bond acceptors (Lipinski definition) is 5. The van der Waals surface area contributed by atoms with Gasteiger partial charge in [0, 0.05) is 23.9 Å². The molecule has 6 nitrogen and oxygen atoms in total. The molecule has 4 rings (SSSR count). The molecule has 0 aliphatic carbocycles. The van der Waals surface area contributed by atoms with Crippen LogP contribution in [0.5, 0.6) is 5.75 Å². The fraction of sp³-hybridized carbons (Fsp3) is 0.211. The van der Waals surface area contributed by atoms with Crippen LogP contribution in [0.2, 0.25) is 0 Å². The third-order valence-corrected chi connectivity index (χ3v) is 4.36. The van der Waals surface area contributed by atoms with Crippen LogP contribution < -0.4 is 10.1 Å². The molecule has 2 aromatic heterocycles. The average Bonchev–Trinajstić information content (AvgIpc) is 3.10. The maximum absolute atomic E-state index is 13.0. The number of benzene rings is 2. The Kier molecular flexibility index (Phi) is 4.29. The molecule has 0 aliphatic rings. The third-order valence-electron chi connectivity index (χ3n) is 4.36. The molecule has 4 aromatic rings. The Morgan fingerprint density at radius 2 is 1.89 bits per heavy atom. The molecule has 144 valence electrons. The van der Waals surface area contributed by atoms with Gasteiger partial charge in [0.2, 0.25) is 0 Å². The summed E-state index contributed by atoms with van der Waals surface area (Å²) in [6.45, 7) is 2.01. The quantitative estimate of drug-likeness (QED) is 0.568. The standard InChI is InChI=1S/C19H16F3N5O/c1-11-9-16(27-18(24-11)25-17(26-27)19(20,21)22)23-10-14-13-6-4-3-5-12(13)7-8-15(14)28-2/h3-9,23H,10H2,1-2H3. The second-order valence-electron chi connectivity index (χ2n) is 6.25. The summed E-state index contributed by atoms with van der Waals surface area (Å²) in [6, 6.07) is 13.3. The van der Waals surface area contributed by atoms with E-state index in [0.29, 0.717) is 23.8 Å². The van der Waals surface area contributed by atoms with Crippen molar-refractivity contribution in [3.05, 3.63) is 59.5 Å². The monoisotopic (exact) mass is 387 g/mol. The highest BCUT2D eigenvalue weighted by atomic mass is 19.4. The van der Waals surface area contributed by atoms with E-state index >= 15 is 0 Å². The number of methoxy groups -OCH3 is 1. The van der Waals surface area contributed by atoms with Crippen molar-refractivity contribution < 1.29 is 17.9 Å². The van der Waals surface area contributed by atoms with Crippen LogP contribution in [0.4, 0.5) is 19.0 Å². The first-order valence-electron chi connectivity index (χ1n) is 8.47. The number of nitrogens with one attached hydrogen (secondary N) is 1. The molecule has 1 N–H and O–H groups in total. The van der Waals surface area contributed by atoms with Gasteiger partial charge in [-0.25, -0.2) is 4.98 Å². The van der Waals surface area contributed by atoms with Crippen molar-refractivity contribution in [2.75, 3.05) is 12.4 Å². The van der Waals surface area contributed by atoms with Crippen LogP contribution in [0, 0.1) is 6.92 Å². The minimum Gasteiger partial charge on any atom is -0.496 e. The highest BCUT2D eigenvalue weighted by Gasteiger charge is 2.36. The summed E-state index contributed by atoms with van der Waals surface area (Å²) in [4.78, 5) is 7.53. The fourth-order valence-corrected chi connectivity index (χ4v) is 3.10. The number of rotatable bonds is 4. The number of hydrogen-bond donors (Lipinski definition) is 1. The largest absolute Gasteiger partial charge is 0.496 e. The summed E-state index contributed by atoms with van der Waals surface area (Å²) < 4.78 is 45.5. The summed E-state index contributed by atoms with van der Waals surface area (Å²) in [6.07, 6.45) is -4.64. The molecule has 0 saturated heterocycles. The number of nitrogens with zero attached hydrogens (tertiary/aromatic N) is 4. The van der Waals surface area contributed by atoms with Gasteiger partial charge >= 0.3 is 6.18 Å². The molecule has 0 spiro atoms. The first-order valence-corrected chi connectivity index (χ1v) is 8.47. The number of aryl methyl sites for hydroxylation is 1. The van der Waals surface area contributed by atoms with Crippen LogP contribution in [-0.4, -0.2) is 26.7 Å².